The van der Waals surface area contributed by atoms with Gasteiger partial charge in [-0.2, -0.15) is 4.31 Å². The predicted molar refractivity (Wildman–Crippen MR) is 159 cm³/mol. The van der Waals surface area contributed by atoms with Crippen LogP contribution < -0.4 is 10.6 Å². The number of carbonyl (C=O) groups excluding carboxylic acids is 2. The van der Waals surface area contributed by atoms with Crippen molar-refractivity contribution < 1.29 is 32.2 Å². The van der Waals surface area contributed by atoms with Gasteiger partial charge in [-0.3, -0.25) is 0 Å². The normalized spacial score (nSPS) is 14.6. The highest BCUT2D eigenvalue weighted by molar-refractivity contribution is 7.89. The maximum Gasteiger partial charge on any atom is 0.508 e. The molecular weight excluding hydrogens is 564 g/mol. The van der Waals surface area contributed by atoms with Gasteiger partial charge in [-0.05, 0) is 59.7 Å². The minimum absolute atomic E-state index is 0.0268. The first-order valence-electron chi connectivity index (χ1n) is 13.5. The Hall–Kier alpha value is -3.91. The van der Waals surface area contributed by atoms with Crippen molar-refractivity contribution in [3.8, 4) is 0 Å². The van der Waals surface area contributed by atoms with E-state index in [-0.39, 0.29) is 49.9 Å². The third-order valence-electron chi connectivity index (χ3n) is 5.68. The largest absolute Gasteiger partial charge is 0.508 e. The average molecular weight is 605 g/mol. The fraction of sp³-hybridized carbons (Fsp3) is 0.500. The fourth-order valence-corrected chi connectivity index (χ4v) is 5.36. The first kappa shape index (κ1) is 32.6. The van der Waals surface area contributed by atoms with Crippen molar-refractivity contribution >= 4 is 45.7 Å². The molecule has 2 N–H and O–H groups in total. The number of sulfonamides is 1. The van der Waals surface area contributed by atoms with Crippen LogP contribution in [0.3, 0.4) is 0 Å². The molecule has 0 bridgehead atoms. The summed E-state index contributed by atoms with van der Waals surface area (Å²) in [5.41, 5.74) is 0.213. The zero-order valence-electron chi connectivity index (χ0n) is 25.0. The number of amides is 1. The Bertz CT molecular complexity index is 1360. The monoisotopic (exact) mass is 604 g/mol. The molecule has 1 fully saturated rings. The smallest absolute Gasteiger partial charge is 0.444 e. The van der Waals surface area contributed by atoms with Crippen molar-refractivity contribution in [2.75, 3.05) is 50.0 Å². The Morgan fingerprint density at radius 1 is 1.00 bits per heavy atom. The zero-order valence-corrected chi connectivity index (χ0v) is 25.8. The number of benzene rings is 1. The molecule has 1 aliphatic heterocycles. The lowest BCUT2D eigenvalue weighted by Crippen LogP contribution is -2.51. The van der Waals surface area contributed by atoms with Crippen LogP contribution in [-0.4, -0.2) is 90.4 Å². The molecule has 42 heavy (non-hydrogen) atoms. The van der Waals surface area contributed by atoms with Crippen LogP contribution in [0.2, 0.25) is 0 Å². The molecule has 0 saturated carbocycles. The number of nitrogens with one attached hydrogen (secondary N) is 2. The summed E-state index contributed by atoms with van der Waals surface area (Å²) in [6.07, 6.45) is 3.52. The summed E-state index contributed by atoms with van der Waals surface area (Å²) in [4.78, 5) is 34.3. The number of carbonyl (C=O) groups is 2. The van der Waals surface area contributed by atoms with Gasteiger partial charge in [-0.1, -0.05) is 12.7 Å². The van der Waals surface area contributed by atoms with Crippen LogP contribution in [0.4, 0.5) is 26.9 Å². The van der Waals surface area contributed by atoms with E-state index >= 15 is 0 Å². The molecule has 0 radical (unpaired) electrons. The number of ether oxygens (including phenoxy) is 3. The molecule has 1 aliphatic rings. The Morgan fingerprint density at radius 3 is 2.19 bits per heavy atom. The van der Waals surface area contributed by atoms with Crippen molar-refractivity contribution in [3.05, 3.63) is 42.7 Å². The van der Waals surface area contributed by atoms with Gasteiger partial charge in [0.1, 0.15) is 22.7 Å². The summed E-state index contributed by atoms with van der Waals surface area (Å²) in [7, 11) is -3.96. The topological polar surface area (TPSA) is 152 Å². The molecule has 1 aromatic heterocycles. The SMILES string of the molecule is C=Cc1cnc(Nc2ccc(S(=O)(=O)N3CCN(C(=O)OC(C)(C)C)CC3)c(NCCOC(=O)OC(C)(C)C)c2)nc1. The highest BCUT2D eigenvalue weighted by Gasteiger charge is 2.33. The van der Waals surface area contributed by atoms with Crippen molar-refractivity contribution in [1.29, 1.82) is 0 Å². The van der Waals surface area contributed by atoms with E-state index in [4.69, 9.17) is 14.2 Å². The molecule has 230 valence electrons. The lowest BCUT2D eigenvalue weighted by Gasteiger charge is -2.35. The van der Waals surface area contributed by atoms with Gasteiger partial charge < -0.3 is 29.7 Å². The second-order valence-corrected chi connectivity index (χ2v) is 13.4. The van der Waals surface area contributed by atoms with Gasteiger partial charge >= 0.3 is 12.2 Å². The second kappa shape index (κ2) is 13.4. The van der Waals surface area contributed by atoms with E-state index in [1.807, 2.05) is 0 Å². The summed E-state index contributed by atoms with van der Waals surface area (Å²) in [6, 6.07) is 4.70. The van der Waals surface area contributed by atoms with Crippen LogP contribution in [0.1, 0.15) is 47.1 Å². The average Bonchev–Trinajstić information content (AvgIpc) is 2.90. The van der Waals surface area contributed by atoms with Gasteiger partial charge in [-0.25, -0.2) is 28.0 Å². The van der Waals surface area contributed by atoms with Crippen LogP contribution in [0.15, 0.2) is 42.1 Å². The molecule has 0 spiro atoms. The third-order valence-corrected chi connectivity index (χ3v) is 7.64. The van der Waals surface area contributed by atoms with E-state index in [2.05, 4.69) is 27.2 Å². The van der Waals surface area contributed by atoms with Crippen molar-refractivity contribution in [2.24, 2.45) is 0 Å². The molecule has 0 atom stereocenters. The van der Waals surface area contributed by atoms with Gasteiger partial charge in [0.2, 0.25) is 16.0 Å². The number of nitrogens with zero attached hydrogens (tertiary/aromatic N) is 4. The number of hydrogen-bond acceptors (Lipinski definition) is 11. The molecule has 1 amide bonds. The lowest BCUT2D eigenvalue weighted by molar-refractivity contribution is -0.00551. The minimum atomic E-state index is -3.96. The second-order valence-electron chi connectivity index (χ2n) is 11.5. The van der Waals surface area contributed by atoms with Crippen LogP contribution in [-0.2, 0) is 24.2 Å². The molecule has 1 saturated heterocycles. The fourth-order valence-electron chi connectivity index (χ4n) is 3.78. The van der Waals surface area contributed by atoms with E-state index in [0.717, 1.165) is 5.56 Å². The van der Waals surface area contributed by atoms with Crippen molar-refractivity contribution in [3.63, 3.8) is 0 Å². The van der Waals surface area contributed by atoms with E-state index < -0.39 is 33.5 Å². The van der Waals surface area contributed by atoms with Gasteiger partial charge in [0.05, 0.1) is 5.69 Å². The van der Waals surface area contributed by atoms with Gasteiger partial charge in [0.25, 0.3) is 0 Å². The van der Waals surface area contributed by atoms with Gasteiger partial charge in [0, 0.05) is 56.4 Å². The first-order valence-corrected chi connectivity index (χ1v) is 14.9. The summed E-state index contributed by atoms with van der Waals surface area (Å²) in [6.45, 7) is 14.8. The maximum atomic E-state index is 13.7. The number of aromatic nitrogens is 2. The molecule has 2 heterocycles. The summed E-state index contributed by atoms with van der Waals surface area (Å²) < 4.78 is 44.5. The Morgan fingerprint density at radius 2 is 1.62 bits per heavy atom. The van der Waals surface area contributed by atoms with Crippen molar-refractivity contribution in [2.45, 2.75) is 57.6 Å². The van der Waals surface area contributed by atoms with Crippen LogP contribution in [0, 0.1) is 0 Å². The minimum Gasteiger partial charge on any atom is -0.444 e. The zero-order chi connectivity index (χ0) is 31.1. The predicted octanol–water partition coefficient (Wildman–Crippen LogP) is 4.47. The molecule has 13 nitrogen and oxygen atoms in total. The quantitative estimate of drug-likeness (QED) is 0.308. The number of rotatable bonds is 9. The number of anilines is 3. The molecule has 14 heteroatoms. The molecule has 1 aromatic carbocycles. The van der Waals surface area contributed by atoms with E-state index in [9.17, 15) is 18.0 Å². The number of piperazine rings is 1. The maximum absolute atomic E-state index is 13.7. The van der Waals surface area contributed by atoms with E-state index in [0.29, 0.717) is 11.6 Å². The summed E-state index contributed by atoms with van der Waals surface area (Å²) in [5.74, 6) is 0.314. The summed E-state index contributed by atoms with van der Waals surface area (Å²) >= 11 is 0. The van der Waals surface area contributed by atoms with Gasteiger partial charge in [0.15, 0.2) is 0 Å². The number of hydrogen-bond donors (Lipinski definition) is 2. The lowest BCUT2D eigenvalue weighted by atomic mass is 10.2. The summed E-state index contributed by atoms with van der Waals surface area (Å²) in [5, 5.41) is 6.11. The molecular formula is C28H40N6O7S. The van der Waals surface area contributed by atoms with E-state index in [1.165, 1.54) is 15.3 Å². The molecule has 3 rings (SSSR count). The standard InChI is InChI=1S/C28H40N6O7S/c1-8-20-18-30-24(31-19-20)32-21-9-10-23(22(17-21)29-11-16-39-26(36)41-28(5,6)7)42(37,38)34-14-12-33(13-15-34)25(35)40-27(2,3)4/h8-10,17-19,29H,1,11-16H2,2-7H3,(H,30,31,32). The van der Waals surface area contributed by atoms with Crippen LogP contribution in [0.25, 0.3) is 6.08 Å². The Kier molecular flexibility index (Phi) is 10.4. The Balaban J connectivity index is 1.77. The van der Waals surface area contributed by atoms with Crippen LogP contribution in [0.5, 0.6) is 0 Å². The van der Waals surface area contributed by atoms with Gasteiger partial charge in [-0.15, -0.1) is 0 Å². The Labute approximate surface area is 247 Å². The van der Waals surface area contributed by atoms with Crippen LogP contribution >= 0.6 is 0 Å². The highest BCUT2D eigenvalue weighted by Crippen LogP contribution is 2.30. The molecule has 0 aliphatic carbocycles. The first-order chi connectivity index (χ1) is 19.6. The molecule has 2 aromatic rings. The van der Waals surface area contributed by atoms with E-state index in [1.54, 1.807) is 72.1 Å². The van der Waals surface area contributed by atoms with Crippen molar-refractivity contribution in [1.82, 2.24) is 19.2 Å². The molecule has 0 unspecified atom stereocenters. The third kappa shape index (κ3) is 9.58. The highest BCUT2D eigenvalue weighted by atomic mass is 32.2.